The average molecular weight is 917 g/mol. The SMILES string of the molecule is CCCCCC/C=C\CCCCCCCC(CC(=O)NC(CO)C(O)CCCCCCCCCCCCCCCCCCC)OC(=O)CCCCCCC/C=C/CCCCCCCCC. The van der Waals surface area contributed by atoms with Gasteiger partial charge in [0.25, 0.3) is 0 Å². The number of carbonyl (C=O) groups is 2. The first-order chi connectivity index (χ1) is 32.0. The van der Waals surface area contributed by atoms with Crippen LogP contribution >= 0.6 is 0 Å². The monoisotopic (exact) mass is 916 g/mol. The van der Waals surface area contributed by atoms with Gasteiger partial charge in [0.1, 0.15) is 6.10 Å². The van der Waals surface area contributed by atoms with Crippen LogP contribution in [-0.4, -0.2) is 46.9 Å². The Morgan fingerprint density at radius 2 is 0.738 bits per heavy atom. The first kappa shape index (κ1) is 63.3. The molecule has 0 aromatic rings. The molecule has 0 fully saturated rings. The van der Waals surface area contributed by atoms with Gasteiger partial charge in [-0.05, 0) is 77.0 Å². The van der Waals surface area contributed by atoms with Crippen molar-refractivity contribution in [1.82, 2.24) is 5.32 Å². The van der Waals surface area contributed by atoms with Gasteiger partial charge in [-0.1, -0.05) is 251 Å². The number of esters is 1. The Kier molecular flexibility index (Phi) is 51.9. The molecule has 3 N–H and O–H groups in total. The molecule has 0 aliphatic rings. The average Bonchev–Trinajstić information content (AvgIpc) is 3.30. The van der Waals surface area contributed by atoms with Crippen LogP contribution in [0.3, 0.4) is 0 Å². The number of allylic oxidation sites excluding steroid dienone is 4. The number of rotatable bonds is 53. The standard InChI is InChI=1S/C59H113NO5/c1-4-7-10-13-16-19-22-25-27-29-30-33-36-39-42-45-48-51-57(62)56(54-61)60-58(63)53-55(50-47-44-41-38-35-32-24-21-18-15-12-9-6-3)65-59(64)52-49-46-43-40-37-34-31-28-26-23-20-17-14-11-8-5-2/h21,24,28,31,55-57,61-62H,4-20,22-23,25-27,29-30,32-54H2,1-3H3,(H,60,63)/b24-21-,31-28+. The first-order valence-electron chi connectivity index (χ1n) is 29.1. The van der Waals surface area contributed by atoms with Crippen molar-refractivity contribution in [3.8, 4) is 0 Å². The summed E-state index contributed by atoms with van der Waals surface area (Å²) >= 11 is 0. The minimum Gasteiger partial charge on any atom is -0.462 e. The maximum absolute atomic E-state index is 13.3. The molecule has 6 heteroatoms. The molecule has 65 heavy (non-hydrogen) atoms. The van der Waals surface area contributed by atoms with Gasteiger partial charge in [-0.2, -0.15) is 0 Å². The molecule has 0 rings (SSSR count). The van der Waals surface area contributed by atoms with Crippen LogP contribution in [0.25, 0.3) is 0 Å². The number of hydrogen-bond donors (Lipinski definition) is 3. The van der Waals surface area contributed by atoms with E-state index in [1.165, 1.54) is 205 Å². The zero-order chi connectivity index (χ0) is 47.4. The van der Waals surface area contributed by atoms with Crippen molar-refractivity contribution >= 4 is 11.9 Å². The number of ether oxygens (including phenoxy) is 1. The molecule has 0 aromatic carbocycles. The number of unbranched alkanes of at least 4 members (excludes halogenated alkanes) is 37. The number of aliphatic hydroxyl groups excluding tert-OH is 2. The smallest absolute Gasteiger partial charge is 0.306 e. The van der Waals surface area contributed by atoms with Crippen molar-refractivity contribution in [1.29, 1.82) is 0 Å². The summed E-state index contributed by atoms with van der Waals surface area (Å²) < 4.78 is 5.95. The fourth-order valence-corrected chi connectivity index (χ4v) is 9.07. The van der Waals surface area contributed by atoms with Crippen LogP contribution in [0.2, 0.25) is 0 Å². The van der Waals surface area contributed by atoms with Gasteiger partial charge in [-0.15, -0.1) is 0 Å². The third-order valence-corrected chi connectivity index (χ3v) is 13.5. The molecule has 384 valence electrons. The molecule has 0 bridgehead atoms. The highest BCUT2D eigenvalue weighted by Gasteiger charge is 2.24. The summed E-state index contributed by atoms with van der Waals surface area (Å²) in [6, 6.07) is -0.703. The van der Waals surface area contributed by atoms with E-state index in [1.807, 2.05) is 0 Å². The predicted molar refractivity (Wildman–Crippen MR) is 283 cm³/mol. The number of nitrogens with one attached hydrogen (secondary N) is 1. The fraction of sp³-hybridized carbons (Fsp3) is 0.898. The van der Waals surface area contributed by atoms with Crippen LogP contribution in [0.15, 0.2) is 24.3 Å². The molecule has 3 atom stereocenters. The fourth-order valence-electron chi connectivity index (χ4n) is 9.07. The minimum absolute atomic E-state index is 0.0730. The van der Waals surface area contributed by atoms with Crippen LogP contribution in [0.4, 0.5) is 0 Å². The van der Waals surface area contributed by atoms with Crippen LogP contribution < -0.4 is 5.32 Å². The topological polar surface area (TPSA) is 95.9 Å². The Hall–Kier alpha value is -1.66. The number of carbonyl (C=O) groups excluding carboxylic acids is 2. The van der Waals surface area contributed by atoms with Crippen LogP contribution in [-0.2, 0) is 14.3 Å². The van der Waals surface area contributed by atoms with Gasteiger partial charge in [-0.25, -0.2) is 0 Å². The highest BCUT2D eigenvalue weighted by molar-refractivity contribution is 5.77. The Labute approximate surface area is 405 Å². The Morgan fingerprint density at radius 3 is 1.11 bits per heavy atom. The van der Waals surface area contributed by atoms with Gasteiger partial charge >= 0.3 is 5.97 Å². The van der Waals surface area contributed by atoms with E-state index >= 15 is 0 Å². The summed E-state index contributed by atoms with van der Waals surface area (Å²) in [6.07, 6.45) is 62.4. The summed E-state index contributed by atoms with van der Waals surface area (Å²) in [5, 5.41) is 23.9. The van der Waals surface area contributed by atoms with Crippen molar-refractivity contribution in [3.63, 3.8) is 0 Å². The molecule has 0 aromatic heterocycles. The third-order valence-electron chi connectivity index (χ3n) is 13.5. The third kappa shape index (κ3) is 48.6. The zero-order valence-corrected chi connectivity index (χ0v) is 43.9. The normalized spacial score (nSPS) is 13.2. The highest BCUT2D eigenvalue weighted by atomic mass is 16.5. The van der Waals surface area contributed by atoms with E-state index in [1.54, 1.807) is 0 Å². The second-order valence-electron chi connectivity index (χ2n) is 20.0. The van der Waals surface area contributed by atoms with Gasteiger partial charge in [-0.3, -0.25) is 9.59 Å². The molecular formula is C59H113NO5. The number of aliphatic hydroxyl groups is 2. The molecular weight excluding hydrogens is 803 g/mol. The Bertz CT molecular complexity index is 1030. The van der Waals surface area contributed by atoms with Crippen molar-refractivity contribution in [2.24, 2.45) is 0 Å². The summed E-state index contributed by atoms with van der Waals surface area (Å²) in [7, 11) is 0. The molecule has 1 amide bonds. The summed E-state index contributed by atoms with van der Waals surface area (Å²) in [5.41, 5.74) is 0. The van der Waals surface area contributed by atoms with E-state index in [0.717, 1.165) is 64.2 Å². The Balaban J connectivity index is 4.49. The number of amides is 1. The highest BCUT2D eigenvalue weighted by Crippen LogP contribution is 2.18. The second-order valence-corrected chi connectivity index (χ2v) is 20.0. The van der Waals surface area contributed by atoms with E-state index in [-0.39, 0.29) is 24.9 Å². The van der Waals surface area contributed by atoms with Crippen molar-refractivity contribution in [2.75, 3.05) is 6.61 Å². The molecule has 0 aliphatic carbocycles. The largest absolute Gasteiger partial charge is 0.462 e. The lowest BCUT2D eigenvalue weighted by Crippen LogP contribution is -2.46. The van der Waals surface area contributed by atoms with E-state index in [4.69, 9.17) is 4.74 Å². The molecule has 0 saturated carbocycles. The summed E-state index contributed by atoms with van der Waals surface area (Å²) in [5.74, 6) is -0.476. The van der Waals surface area contributed by atoms with Gasteiger partial charge in [0, 0.05) is 6.42 Å². The summed E-state index contributed by atoms with van der Waals surface area (Å²) in [6.45, 7) is 6.50. The quantitative estimate of drug-likeness (QED) is 0.0321. The Morgan fingerprint density at radius 1 is 0.431 bits per heavy atom. The molecule has 0 spiro atoms. The van der Waals surface area contributed by atoms with Crippen molar-refractivity contribution < 1.29 is 24.5 Å². The van der Waals surface area contributed by atoms with Gasteiger partial charge in [0.15, 0.2) is 0 Å². The van der Waals surface area contributed by atoms with Crippen LogP contribution in [0, 0.1) is 0 Å². The van der Waals surface area contributed by atoms with E-state index in [2.05, 4.69) is 50.4 Å². The second kappa shape index (κ2) is 53.3. The molecule has 0 aliphatic heterocycles. The van der Waals surface area contributed by atoms with E-state index < -0.39 is 18.2 Å². The number of hydrogen-bond acceptors (Lipinski definition) is 5. The van der Waals surface area contributed by atoms with Crippen molar-refractivity contribution in [2.45, 2.75) is 334 Å². The lowest BCUT2D eigenvalue weighted by Gasteiger charge is -2.24. The molecule has 3 unspecified atom stereocenters. The van der Waals surface area contributed by atoms with E-state index in [0.29, 0.717) is 19.3 Å². The summed E-state index contributed by atoms with van der Waals surface area (Å²) in [4.78, 5) is 26.2. The maximum Gasteiger partial charge on any atom is 0.306 e. The molecule has 0 saturated heterocycles. The molecule has 6 nitrogen and oxygen atoms in total. The van der Waals surface area contributed by atoms with Crippen molar-refractivity contribution in [3.05, 3.63) is 24.3 Å². The van der Waals surface area contributed by atoms with Gasteiger partial charge in [0.2, 0.25) is 5.91 Å². The van der Waals surface area contributed by atoms with Gasteiger partial charge in [0.05, 0.1) is 25.2 Å². The lowest BCUT2D eigenvalue weighted by atomic mass is 10.0. The molecule has 0 radical (unpaired) electrons. The van der Waals surface area contributed by atoms with Gasteiger partial charge < -0.3 is 20.3 Å². The minimum atomic E-state index is -0.789. The van der Waals surface area contributed by atoms with Crippen LogP contribution in [0.1, 0.15) is 316 Å². The first-order valence-corrected chi connectivity index (χ1v) is 29.1. The lowest BCUT2D eigenvalue weighted by molar-refractivity contribution is -0.151. The predicted octanol–water partition coefficient (Wildman–Crippen LogP) is 17.9. The van der Waals surface area contributed by atoms with E-state index in [9.17, 15) is 19.8 Å². The van der Waals surface area contributed by atoms with Crippen LogP contribution in [0.5, 0.6) is 0 Å². The maximum atomic E-state index is 13.3. The molecule has 0 heterocycles. The zero-order valence-electron chi connectivity index (χ0n) is 43.9.